The van der Waals surface area contributed by atoms with Crippen LogP contribution < -0.4 is 5.32 Å². The fourth-order valence-electron chi connectivity index (χ4n) is 1.76. The van der Waals surface area contributed by atoms with Crippen LogP contribution in [0.15, 0.2) is 48.5 Å². The van der Waals surface area contributed by atoms with E-state index in [0.29, 0.717) is 0 Å². The van der Waals surface area contributed by atoms with Crippen LogP contribution in [0.5, 0.6) is 0 Å². The number of benzene rings is 2. The second kappa shape index (κ2) is 5.24. The van der Waals surface area contributed by atoms with E-state index in [-0.39, 0.29) is 6.04 Å². The van der Waals surface area contributed by atoms with Gasteiger partial charge in [0.25, 0.3) is 0 Å². The molecule has 0 radical (unpaired) electrons. The van der Waals surface area contributed by atoms with Gasteiger partial charge in [0.1, 0.15) is 0 Å². The van der Waals surface area contributed by atoms with Crippen molar-refractivity contribution >= 4 is 17.3 Å². The normalized spacial score (nSPS) is 12.2. The average molecular weight is 246 g/mol. The Labute approximate surface area is 107 Å². The van der Waals surface area contributed by atoms with Crippen molar-refractivity contribution in [2.24, 2.45) is 0 Å². The molecule has 88 valence electrons. The van der Waals surface area contributed by atoms with Crippen molar-refractivity contribution in [1.29, 1.82) is 0 Å². The standard InChI is InChI=1S/C15H16ClN/c1-11-6-8-15(9-7-11)17-12(2)13-4-3-5-14(16)10-13/h3-10,12,17H,1-2H3. The zero-order valence-corrected chi connectivity index (χ0v) is 10.8. The summed E-state index contributed by atoms with van der Waals surface area (Å²) in [5, 5.41) is 4.23. The first kappa shape index (κ1) is 12.0. The monoisotopic (exact) mass is 245 g/mol. The smallest absolute Gasteiger partial charge is 0.0486 e. The lowest BCUT2D eigenvalue weighted by Crippen LogP contribution is -2.06. The van der Waals surface area contributed by atoms with Crippen molar-refractivity contribution in [3.63, 3.8) is 0 Å². The molecule has 0 heterocycles. The van der Waals surface area contributed by atoms with E-state index >= 15 is 0 Å². The highest BCUT2D eigenvalue weighted by Crippen LogP contribution is 2.21. The maximum absolute atomic E-state index is 5.98. The predicted molar refractivity (Wildman–Crippen MR) is 74.7 cm³/mol. The summed E-state index contributed by atoms with van der Waals surface area (Å²) in [7, 11) is 0. The Bertz CT molecular complexity index is 491. The van der Waals surface area contributed by atoms with Gasteiger partial charge >= 0.3 is 0 Å². The molecule has 2 aromatic rings. The number of aryl methyl sites for hydroxylation is 1. The number of anilines is 1. The lowest BCUT2D eigenvalue weighted by atomic mass is 10.1. The van der Waals surface area contributed by atoms with Crippen molar-refractivity contribution in [1.82, 2.24) is 0 Å². The Morgan fingerprint density at radius 3 is 2.41 bits per heavy atom. The van der Waals surface area contributed by atoms with Gasteiger partial charge in [-0.15, -0.1) is 0 Å². The van der Waals surface area contributed by atoms with Gasteiger partial charge in [-0.2, -0.15) is 0 Å². The zero-order chi connectivity index (χ0) is 12.3. The number of hydrogen-bond acceptors (Lipinski definition) is 1. The van der Waals surface area contributed by atoms with Gasteiger partial charge in [0, 0.05) is 16.8 Å². The Morgan fingerprint density at radius 2 is 1.76 bits per heavy atom. The van der Waals surface area contributed by atoms with E-state index in [1.165, 1.54) is 11.1 Å². The molecule has 2 heteroatoms. The minimum atomic E-state index is 0.247. The largest absolute Gasteiger partial charge is 0.379 e. The highest BCUT2D eigenvalue weighted by molar-refractivity contribution is 6.30. The molecule has 0 fully saturated rings. The molecular weight excluding hydrogens is 230 g/mol. The lowest BCUT2D eigenvalue weighted by molar-refractivity contribution is 0.885. The summed E-state index contributed by atoms with van der Waals surface area (Å²) in [6, 6.07) is 16.6. The number of nitrogens with one attached hydrogen (secondary N) is 1. The average Bonchev–Trinajstić information content (AvgIpc) is 2.32. The van der Waals surface area contributed by atoms with Crippen molar-refractivity contribution in [3.05, 3.63) is 64.7 Å². The SMILES string of the molecule is Cc1ccc(NC(C)c2cccc(Cl)c2)cc1. The van der Waals surface area contributed by atoms with Gasteiger partial charge in [-0.1, -0.05) is 41.4 Å². The van der Waals surface area contributed by atoms with Crippen LogP contribution >= 0.6 is 11.6 Å². The maximum atomic E-state index is 5.98. The van der Waals surface area contributed by atoms with Crippen LogP contribution in [-0.2, 0) is 0 Å². The van der Waals surface area contributed by atoms with Crippen molar-refractivity contribution in [3.8, 4) is 0 Å². The lowest BCUT2D eigenvalue weighted by Gasteiger charge is -2.16. The van der Waals surface area contributed by atoms with E-state index < -0.39 is 0 Å². The summed E-state index contributed by atoms with van der Waals surface area (Å²) in [6.45, 7) is 4.22. The van der Waals surface area contributed by atoms with E-state index in [4.69, 9.17) is 11.6 Å². The third kappa shape index (κ3) is 3.24. The zero-order valence-electron chi connectivity index (χ0n) is 10.1. The van der Waals surface area contributed by atoms with Crippen LogP contribution in [0, 0.1) is 6.92 Å². The summed E-state index contributed by atoms with van der Waals surface area (Å²) in [5.41, 5.74) is 3.59. The van der Waals surface area contributed by atoms with Gasteiger partial charge < -0.3 is 5.32 Å². The van der Waals surface area contributed by atoms with Crippen molar-refractivity contribution < 1.29 is 0 Å². The molecule has 2 rings (SSSR count). The van der Waals surface area contributed by atoms with E-state index in [2.05, 4.69) is 49.5 Å². The highest BCUT2D eigenvalue weighted by atomic mass is 35.5. The van der Waals surface area contributed by atoms with Crippen LogP contribution in [0.3, 0.4) is 0 Å². The first-order valence-corrected chi connectivity index (χ1v) is 6.11. The van der Waals surface area contributed by atoms with Gasteiger partial charge in [-0.25, -0.2) is 0 Å². The van der Waals surface area contributed by atoms with Gasteiger partial charge in [-0.05, 0) is 43.7 Å². The van der Waals surface area contributed by atoms with Crippen LogP contribution in [0.2, 0.25) is 5.02 Å². The fraction of sp³-hybridized carbons (Fsp3) is 0.200. The van der Waals surface area contributed by atoms with Crippen LogP contribution in [0.1, 0.15) is 24.1 Å². The number of rotatable bonds is 3. The summed E-state index contributed by atoms with van der Waals surface area (Å²) in [5.74, 6) is 0. The topological polar surface area (TPSA) is 12.0 Å². The van der Waals surface area contributed by atoms with E-state index in [1.54, 1.807) is 0 Å². The van der Waals surface area contributed by atoms with Gasteiger partial charge in [-0.3, -0.25) is 0 Å². The van der Waals surface area contributed by atoms with Crippen LogP contribution in [0.4, 0.5) is 5.69 Å². The molecule has 0 bridgehead atoms. The molecule has 0 saturated heterocycles. The highest BCUT2D eigenvalue weighted by Gasteiger charge is 2.05. The maximum Gasteiger partial charge on any atom is 0.0486 e. The molecule has 0 aliphatic carbocycles. The molecule has 0 saturated carbocycles. The van der Waals surface area contributed by atoms with Gasteiger partial charge in [0.15, 0.2) is 0 Å². The molecule has 0 spiro atoms. The summed E-state index contributed by atoms with van der Waals surface area (Å²) < 4.78 is 0. The van der Waals surface area contributed by atoms with E-state index in [0.717, 1.165) is 10.7 Å². The third-order valence-corrected chi connectivity index (χ3v) is 3.02. The number of hydrogen-bond donors (Lipinski definition) is 1. The molecule has 1 unspecified atom stereocenters. The van der Waals surface area contributed by atoms with Crippen molar-refractivity contribution in [2.75, 3.05) is 5.32 Å². The van der Waals surface area contributed by atoms with Crippen LogP contribution in [0.25, 0.3) is 0 Å². The number of halogens is 1. The molecule has 2 aromatic carbocycles. The third-order valence-electron chi connectivity index (χ3n) is 2.78. The summed E-state index contributed by atoms with van der Waals surface area (Å²) in [4.78, 5) is 0. The predicted octanol–water partition coefficient (Wildman–Crippen LogP) is 4.82. The van der Waals surface area contributed by atoms with Gasteiger partial charge in [0.05, 0.1) is 0 Å². The molecule has 1 atom stereocenters. The molecule has 0 aliphatic rings. The Morgan fingerprint density at radius 1 is 1.06 bits per heavy atom. The Hall–Kier alpha value is -1.47. The molecule has 0 amide bonds. The molecule has 17 heavy (non-hydrogen) atoms. The first-order chi connectivity index (χ1) is 8.15. The minimum Gasteiger partial charge on any atom is -0.379 e. The molecule has 1 N–H and O–H groups in total. The van der Waals surface area contributed by atoms with E-state index in [9.17, 15) is 0 Å². The summed E-state index contributed by atoms with van der Waals surface area (Å²) in [6.07, 6.45) is 0. The quantitative estimate of drug-likeness (QED) is 0.817. The Balaban J connectivity index is 2.11. The molecule has 1 nitrogen and oxygen atoms in total. The van der Waals surface area contributed by atoms with Crippen molar-refractivity contribution in [2.45, 2.75) is 19.9 Å². The first-order valence-electron chi connectivity index (χ1n) is 5.74. The fourth-order valence-corrected chi connectivity index (χ4v) is 1.96. The molecule has 0 aliphatic heterocycles. The minimum absolute atomic E-state index is 0.247. The Kier molecular flexibility index (Phi) is 3.70. The molecular formula is C15H16ClN. The van der Waals surface area contributed by atoms with Gasteiger partial charge in [0.2, 0.25) is 0 Å². The molecule has 0 aromatic heterocycles. The van der Waals surface area contributed by atoms with E-state index in [1.807, 2.05) is 18.2 Å². The second-order valence-electron chi connectivity index (χ2n) is 4.29. The second-order valence-corrected chi connectivity index (χ2v) is 4.72. The van der Waals surface area contributed by atoms with Crippen LogP contribution in [-0.4, -0.2) is 0 Å². The summed E-state index contributed by atoms with van der Waals surface area (Å²) >= 11 is 5.98.